The van der Waals surface area contributed by atoms with Gasteiger partial charge in [-0.3, -0.25) is 0 Å². The Balaban J connectivity index is 0.00000341. The second-order valence-electron chi connectivity index (χ2n) is 6.21. The molecule has 31 heavy (non-hydrogen) atoms. The molecule has 0 unspecified atom stereocenters. The van der Waals surface area contributed by atoms with Crippen molar-refractivity contribution in [3.8, 4) is 11.4 Å². The minimum atomic E-state index is -4.74. The number of nitrogens with zero attached hydrogens (tertiary/aromatic N) is 4. The van der Waals surface area contributed by atoms with Crippen LogP contribution < -0.4 is 15.4 Å². The van der Waals surface area contributed by atoms with Crippen LogP contribution in [0.3, 0.4) is 0 Å². The van der Waals surface area contributed by atoms with Gasteiger partial charge in [0.2, 0.25) is 0 Å². The van der Waals surface area contributed by atoms with Crippen LogP contribution in [-0.4, -0.2) is 33.6 Å². The number of ether oxygens (including phenoxy) is 1. The Labute approximate surface area is 194 Å². The van der Waals surface area contributed by atoms with Gasteiger partial charge in [0.05, 0.1) is 12.2 Å². The van der Waals surface area contributed by atoms with Gasteiger partial charge in [0.25, 0.3) is 0 Å². The maximum atomic E-state index is 12.6. The van der Waals surface area contributed by atoms with Crippen molar-refractivity contribution in [1.82, 2.24) is 25.4 Å². The fourth-order valence-corrected chi connectivity index (χ4v) is 2.66. The maximum Gasteiger partial charge on any atom is 0.573 e. The van der Waals surface area contributed by atoms with Crippen LogP contribution in [0.25, 0.3) is 5.69 Å². The number of nitrogens with one attached hydrogen (secondary N) is 2. The fourth-order valence-electron chi connectivity index (χ4n) is 2.66. The Morgan fingerprint density at radius 2 is 1.84 bits per heavy atom. The number of alkyl halides is 3. The first-order valence-corrected chi connectivity index (χ1v) is 9.24. The molecule has 0 fully saturated rings. The predicted molar refractivity (Wildman–Crippen MR) is 122 cm³/mol. The van der Waals surface area contributed by atoms with Gasteiger partial charge < -0.3 is 15.4 Å². The summed E-state index contributed by atoms with van der Waals surface area (Å²) in [5, 5.41) is 10.2. The summed E-state index contributed by atoms with van der Waals surface area (Å²) in [5.74, 6) is 0.247. The van der Waals surface area contributed by atoms with Crippen molar-refractivity contribution in [2.45, 2.75) is 26.4 Å². The summed E-state index contributed by atoms with van der Waals surface area (Å²) in [7, 11) is 0. The highest BCUT2D eigenvalue weighted by molar-refractivity contribution is 14.0. The lowest BCUT2D eigenvalue weighted by Crippen LogP contribution is -2.37. The van der Waals surface area contributed by atoms with E-state index in [1.165, 1.54) is 18.5 Å². The summed E-state index contributed by atoms with van der Waals surface area (Å²) in [5.41, 5.74) is 2.22. The van der Waals surface area contributed by atoms with Crippen molar-refractivity contribution in [2.24, 2.45) is 4.99 Å². The van der Waals surface area contributed by atoms with Crippen molar-refractivity contribution >= 4 is 29.9 Å². The van der Waals surface area contributed by atoms with Crippen molar-refractivity contribution in [3.05, 3.63) is 72.3 Å². The molecule has 3 rings (SSSR count). The van der Waals surface area contributed by atoms with Crippen LogP contribution in [0, 0.1) is 0 Å². The first kappa shape index (κ1) is 24.4. The number of halogens is 4. The normalized spacial score (nSPS) is 11.5. The summed E-state index contributed by atoms with van der Waals surface area (Å²) in [6, 6.07) is 13.7. The molecule has 0 aliphatic carbocycles. The number of aromatic nitrogens is 3. The maximum absolute atomic E-state index is 12.6. The van der Waals surface area contributed by atoms with Gasteiger partial charge >= 0.3 is 6.36 Å². The van der Waals surface area contributed by atoms with E-state index < -0.39 is 6.36 Å². The topological polar surface area (TPSA) is 76.4 Å². The van der Waals surface area contributed by atoms with Crippen molar-refractivity contribution in [2.75, 3.05) is 6.54 Å². The van der Waals surface area contributed by atoms with Crippen LogP contribution in [0.4, 0.5) is 13.2 Å². The number of aliphatic imine (C=N–C) groups is 1. The largest absolute Gasteiger partial charge is 0.573 e. The van der Waals surface area contributed by atoms with Gasteiger partial charge in [0.1, 0.15) is 18.4 Å². The molecule has 11 heteroatoms. The second-order valence-corrected chi connectivity index (χ2v) is 6.21. The first-order valence-electron chi connectivity index (χ1n) is 9.24. The summed E-state index contributed by atoms with van der Waals surface area (Å²) in [6.07, 6.45) is -1.67. The second kappa shape index (κ2) is 11.5. The van der Waals surface area contributed by atoms with Gasteiger partial charge in [-0.1, -0.05) is 30.3 Å². The quantitative estimate of drug-likeness (QED) is 0.266. The average molecular weight is 546 g/mol. The molecule has 0 aliphatic rings. The molecule has 3 aromatic rings. The Morgan fingerprint density at radius 3 is 2.48 bits per heavy atom. The molecular weight excluding hydrogens is 524 g/mol. The number of hydrogen-bond acceptors (Lipinski definition) is 4. The van der Waals surface area contributed by atoms with Crippen LogP contribution in [-0.2, 0) is 13.1 Å². The molecule has 166 valence electrons. The third-order valence-corrected chi connectivity index (χ3v) is 4.03. The minimum Gasteiger partial charge on any atom is -0.405 e. The van der Waals surface area contributed by atoms with Gasteiger partial charge in [-0.2, -0.15) is 5.10 Å². The summed E-state index contributed by atoms with van der Waals surface area (Å²) in [4.78, 5) is 8.41. The number of rotatable bonds is 7. The van der Waals surface area contributed by atoms with E-state index in [1.807, 2.05) is 31.2 Å². The summed E-state index contributed by atoms with van der Waals surface area (Å²) >= 11 is 0. The zero-order chi connectivity index (χ0) is 21.4. The molecule has 0 bridgehead atoms. The van der Waals surface area contributed by atoms with Crippen LogP contribution in [0.2, 0.25) is 0 Å². The highest BCUT2D eigenvalue weighted by Crippen LogP contribution is 2.26. The molecule has 1 heterocycles. The van der Waals surface area contributed by atoms with Gasteiger partial charge in [0, 0.05) is 18.7 Å². The zero-order valence-electron chi connectivity index (χ0n) is 16.6. The van der Waals surface area contributed by atoms with Crippen molar-refractivity contribution in [3.63, 3.8) is 0 Å². The molecule has 0 amide bonds. The summed E-state index contributed by atoms with van der Waals surface area (Å²) in [6.45, 7) is 3.04. The Bertz CT molecular complexity index is 962. The van der Waals surface area contributed by atoms with E-state index in [2.05, 4.69) is 30.4 Å². The SMILES string of the molecule is CCNC(=NCc1ccc(-n2cncn2)cc1)NCc1ccccc1OC(F)(F)F.I. The summed E-state index contributed by atoms with van der Waals surface area (Å²) < 4.78 is 43.5. The van der Waals surface area contributed by atoms with Gasteiger partial charge in [0.15, 0.2) is 5.96 Å². The monoisotopic (exact) mass is 546 g/mol. The molecule has 1 aromatic heterocycles. The van der Waals surface area contributed by atoms with Crippen LogP contribution in [0.5, 0.6) is 5.75 Å². The van der Waals surface area contributed by atoms with E-state index in [-0.39, 0.29) is 36.3 Å². The van der Waals surface area contributed by atoms with Crippen molar-refractivity contribution < 1.29 is 17.9 Å². The molecule has 0 radical (unpaired) electrons. The molecule has 0 spiro atoms. The lowest BCUT2D eigenvalue weighted by Gasteiger charge is -2.15. The third-order valence-electron chi connectivity index (χ3n) is 4.03. The van der Waals surface area contributed by atoms with E-state index >= 15 is 0 Å². The number of para-hydroxylation sites is 1. The van der Waals surface area contributed by atoms with E-state index in [9.17, 15) is 13.2 Å². The first-order chi connectivity index (χ1) is 14.4. The third kappa shape index (κ3) is 7.74. The van der Waals surface area contributed by atoms with Gasteiger partial charge in [-0.25, -0.2) is 14.7 Å². The molecule has 0 atom stereocenters. The number of hydrogen-bond donors (Lipinski definition) is 2. The molecular formula is C20H22F3IN6O. The molecule has 0 aliphatic heterocycles. The predicted octanol–water partition coefficient (Wildman–Crippen LogP) is 4.04. The molecule has 0 saturated heterocycles. The highest BCUT2D eigenvalue weighted by Gasteiger charge is 2.31. The van der Waals surface area contributed by atoms with Crippen LogP contribution in [0.1, 0.15) is 18.1 Å². The van der Waals surface area contributed by atoms with Gasteiger partial charge in [-0.15, -0.1) is 37.1 Å². The highest BCUT2D eigenvalue weighted by atomic mass is 127. The Morgan fingerprint density at radius 1 is 1.10 bits per heavy atom. The standard InChI is InChI=1S/C20H21F3N6O.HI/c1-2-25-19(27-12-16-5-3-4-6-18(16)30-20(21,22)23)26-11-15-7-9-17(10-8-15)29-14-24-13-28-29;/h3-10,13-14H,2,11-12H2,1H3,(H2,25,26,27);1H. The zero-order valence-corrected chi connectivity index (χ0v) is 19.0. The smallest absolute Gasteiger partial charge is 0.405 e. The Kier molecular flexibility index (Phi) is 9.09. The van der Waals surface area contributed by atoms with Gasteiger partial charge in [-0.05, 0) is 30.7 Å². The average Bonchev–Trinajstić information content (AvgIpc) is 3.25. The molecule has 2 aromatic carbocycles. The van der Waals surface area contributed by atoms with Crippen LogP contribution in [0.15, 0.2) is 66.2 Å². The molecule has 2 N–H and O–H groups in total. The molecule has 7 nitrogen and oxygen atoms in total. The van der Waals surface area contributed by atoms with E-state index in [0.717, 1.165) is 11.3 Å². The lowest BCUT2D eigenvalue weighted by atomic mass is 10.2. The van der Waals surface area contributed by atoms with Crippen molar-refractivity contribution in [1.29, 1.82) is 0 Å². The number of guanidine groups is 1. The van der Waals surface area contributed by atoms with E-state index in [0.29, 0.717) is 24.6 Å². The number of benzene rings is 2. The molecule has 0 saturated carbocycles. The minimum absolute atomic E-state index is 0. The van der Waals surface area contributed by atoms with E-state index in [4.69, 9.17) is 0 Å². The lowest BCUT2D eigenvalue weighted by molar-refractivity contribution is -0.274. The Hall–Kier alpha value is -2.83. The van der Waals surface area contributed by atoms with Crippen LogP contribution >= 0.6 is 24.0 Å². The van der Waals surface area contributed by atoms with E-state index in [1.54, 1.807) is 23.1 Å². The fraction of sp³-hybridized carbons (Fsp3) is 0.250.